The molecule has 0 aliphatic heterocycles. The van der Waals surface area contributed by atoms with Crippen molar-refractivity contribution in [1.29, 1.82) is 0 Å². The topological polar surface area (TPSA) is 47.1 Å². The zero-order valence-electron chi connectivity index (χ0n) is 12.3. The lowest BCUT2D eigenvalue weighted by atomic mass is 9.87. The predicted octanol–water partition coefficient (Wildman–Crippen LogP) is 2.15. The van der Waals surface area contributed by atoms with Crippen LogP contribution in [0, 0.1) is 0 Å². The van der Waals surface area contributed by atoms with E-state index < -0.39 is 0 Å². The van der Waals surface area contributed by atoms with Crippen LogP contribution in [0.4, 0.5) is 0 Å². The van der Waals surface area contributed by atoms with Crippen molar-refractivity contribution in [3.63, 3.8) is 0 Å². The van der Waals surface area contributed by atoms with Crippen LogP contribution in [0.25, 0.3) is 0 Å². The fraction of sp³-hybridized carbons (Fsp3) is 0.786. The third-order valence-electron chi connectivity index (χ3n) is 3.80. The van der Waals surface area contributed by atoms with E-state index in [0.29, 0.717) is 0 Å². The second-order valence-electron chi connectivity index (χ2n) is 5.31. The summed E-state index contributed by atoms with van der Waals surface area (Å²) in [5.74, 6) is 0. The molecule has 0 bridgehead atoms. The van der Waals surface area contributed by atoms with Crippen molar-refractivity contribution in [3.05, 3.63) is 18.0 Å². The number of aryl methyl sites for hydroxylation is 1. The molecule has 4 nitrogen and oxygen atoms in total. The molecule has 0 aromatic carbocycles. The van der Waals surface area contributed by atoms with Crippen LogP contribution in [0.5, 0.6) is 0 Å². The molecule has 0 amide bonds. The van der Waals surface area contributed by atoms with E-state index in [2.05, 4.69) is 37.1 Å². The molecule has 0 saturated heterocycles. The number of nitrogens with two attached hydrogens (primary N) is 1. The highest BCUT2D eigenvalue weighted by atomic mass is 15.2. The number of nitrogens with zero attached hydrogens (tertiary/aromatic N) is 3. The van der Waals surface area contributed by atoms with Gasteiger partial charge in [-0.3, -0.25) is 9.58 Å². The fourth-order valence-corrected chi connectivity index (χ4v) is 2.79. The third kappa shape index (κ3) is 3.56. The molecule has 0 fully saturated rings. The average molecular weight is 252 g/mol. The van der Waals surface area contributed by atoms with Gasteiger partial charge in [-0.15, -0.1) is 0 Å². The van der Waals surface area contributed by atoms with E-state index in [-0.39, 0.29) is 5.54 Å². The highest BCUT2D eigenvalue weighted by Gasteiger charge is 2.31. The summed E-state index contributed by atoms with van der Waals surface area (Å²) in [4.78, 5) is 2.41. The molecule has 1 aromatic rings. The van der Waals surface area contributed by atoms with Crippen molar-refractivity contribution in [1.82, 2.24) is 14.7 Å². The standard InChI is InChI=1S/C14H28N4/c1-5-7-14(12-15,8-6-2)17(3)10-13-9-16-18(4)11-13/h9,11H,5-8,10,12,15H2,1-4H3. The van der Waals surface area contributed by atoms with Crippen LogP contribution in [-0.4, -0.2) is 33.8 Å². The van der Waals surface area contributed by atoms with Gasteiger partial charge in [-0.25, -0.2) is 0 Å². The molecule has 2 N–H and O–H groups in total. The van der Waals surface area contributed by atoms with Crippen molar-refractivity contribution in [3.8, 4) is 0 Å². The van der Waals surface area contributed by atoms with E-state index in [9.17, 15) is 0 Å². The molecule has 0 unspecified atom stereocenters. The molecule has 0 saturated carbocycles. The van der Waals surface area contributed by atoms with E-state index in [4.69, 9.17) is 5.73 Å². The molecular formula is C14H28N4. The summed E-state index contributed by atoms with van der Waals surface area (Å²) in [5.41, 5.74) is 7.47. The van der Waals surface area contributed by atoms with E-state index in [1.165, 1.54) is 18.4 Å². The Morgan fingerprint density at radius 1 is 1.33 bits per heavy atom. The molecule has 1 aromatic heterocycles. The van der Waals surface area contributed by atoms with Crippen LogP contribution in [-0.2, 0) is 13.6 Å². The summed E-state index contributed by atoms with van der Waals surface area (Å²) >= 11 is 0. The van der Waals surface area contributed by atoms with Crippen LogP contribution < -0.4 is 5.73 Å². The summed E-state index contributed by atoms with van der Waals surface area (Å²) < 4.78 is 1.85. The molecule has 1 heterocycles. The minimum absolute atomic E-state index is 0.138. The molecule has 104 valence electrons. The Morgan fingerprint density at radius 2 is 1.94 bits per heavy atom. The van der Waals surface area contributed by atoms with Gasteiger partial charge in [0.05, 0.1) is 6.20 Å². The minimum atomic E-state index is 0.138. The molecule has 0 spiro atoms. The first-order chi connectivity index (χ1) is 8.57. The number of hydrogen-bond donors (Lipinski definition) is 1. The molecule has 0 aliphatic rings. The number of rotatable bonds is 8. The van der Waals surface area contributed by atoms with Crippen molar-refractivity contribution in [2.24, 2.45) is 12.8 Å². The first kappa shape index (κ1) is 15.2. The zero-order valence-corrected chi connectivity index (χ0v) is 12.3. The highest BCUT2D eigenvalue weighted by Crippen LogP contribution is 2.26. The largest absolute Gasteiger partial charge is 0.329 e. The van der Waals surface area contributed by atoms with Crippen LogP contribution in [0.2, 0.25) is 0 Å². The first-order valence-corrected chi connectivity index (χ1v) is 6.96. The van der Waals surface area contributed by atoms with Crippen molar-refractivity contribution in [2.45, 2.75) is 51.6 Å². The SMILES string of the molecule is CCCC(CN)(CCC)N(C)Cc1cnn(C)c1. The summed E-state index contributed by atoms with van der Waals surface area (Å²) in [6.07, 6.45) is 8.69. The van der Waals surface area contributed by atoms with Gasteiger partial charge in [-0.05, 0) is 19.9 Å². The molecular weight excluding hydrogens is 224 g/mol. The summed E-state index contributed by atoms with van der Waals surface area (Å²) in [6.45, 7) is 6.12. The smallest absolute Gasteiger partial charge is 0.0534 e. The van der Waals surface area contributed by atoms with Crippen LogP contribution in [0.3, 0.4) is 0 Å². The van der Waals surface area contributed by atoms with Gasteiger partial charge in [0.2, 0.25) is 0 Å². The van der Waals surface area contributed by atoms with E-state index in [0.717, 1.165) is 25.9 Å². The number of hydrogen-bond acceptors (Lipinski definition) is 3. The van der Waals surface area contributed by atoms with Gasteiger partial charge < -0.3 is 5.73 Å². The first-order valence-electron chi connectivity index (χ1n) is 6.96. The Bertz CT molecular complexity index is 339. The van der Waals surface area contributed by atoms with Crippen molar-refractivity contribution in [2.75, 3.05) is 13.6 Å². The van der Waals surface area contributed by atoms with Crippen LogP contribution >= 0.6 is 0 Å². The van der Waals surface area contributed by atoms with E-state index >= 15 is 0 Å². The Hall–Kier alpha value is -0.870. The maximum absolute atomic E-state index is 6.08. The molecule has 4 heteroatoms. The van der Waals surface area contributed by atoms with Gasteiger partial charge in [0.25, 0.3) is 0 Å². The molecule has 0 atom stereocenters. The lowest BCUT2D eigenvalue weighted by Gasteiger charge is -2.41. The molecule has 18 heavy (non-hydrogen) atoms. The maximum atomic E-state index is 6.08. The van der Waals surface area contributed by atoms with Crippen molar-refractivity contribution >= 4 is 0 Å². The summed E-state index contributed by atoms with van der Waals surface area (Å²) in [7, 11) is 4.14. The second-order valence-corrected chi connectivity index (χ2v) is 5.31. The van der Waals surface area contributed by atoms with Gasteiger partial charge in [0, 0.05) is 37.4 Å². The Morgan fingerprint density at radius 3 is 2.33 bits per heavy atom. The minimum Gasteiger partial charge on any atom is -0.329 e. The second kappa shape index (κ2) is 6.90. The normalized spacial score (nSPS) is 12.3. The van der Waals surface area contributed by atoms with Gasteiger partial charge >= 0.3 is 0 Å². The highest BCUT2D eigenvalue weighted by molar-refractivity contribution is 5.05. The van der Waals surface area contributed by atoms with Gasteiger partial charge in [-0.2, -0.15) is 5.10 Å². The zero-order chi connectivity index (χ0) is 13.6. The Labute approximate surface area is 111 Å². The Balaban J connectivity index is 2.77. The lowest BCUT2D eigenvalue weighted by Crippen LogP contribution is -2.51. The molecule has 0 radical (unpaired) electrons. The molecule has 1 rings (SSSR count). The fourth-order valence-electron chi connectivity index (χ4n) is 2.79. The Kier molecular flexibility index (Phi) is 5.82. The van der Waals surface area contributed by atoms with Crippen LogP contribution in [0.1, 0.15) is 45.1 Å². The monoisotopic (exact) mass is 252 g/mol. The van der Waals surface area contributed by atoms with Crippen LogP contribution in [0.15, 0.2) is 12.4 Å². The van der Waals surface area contributed by atoms with E-state index in [1.54, 1.807) is 0 Å². The lowest BCUT2D eigenvalue weighted by molar-refractivity contribution is 0.0955. The van der Waals surface area contributed by atoms with E-state index in [1.807, 2.05) is 17.9 Å². The molecule has 0 aliphatic carbocycles. The quantitative estimate of drug-likeness (QED) is 0.771. The number of aromatic nitrogens is 2. The third-order valence-corrected chi connectivity index (χ3v) is 3.80. The van der Waals surface area contributed by atoms with Gasteiger partial charge in [0.1, 0.15) is 0 Å². The number of likely N-dealkylation sites (N-methyl/N-ethyl adjacent to an activating group) is 1. The van der Waals surface area contributed by atoms with Crippen molar-refractivity contribution < 1.29 is 0 Å². The predicted molar refractivity (Wildman–Crippen MR) is 76.3 cm³/mol. The summed E-state index contributed by atoms with van der Waals surface area (Å²) in [5, 5.41) is 4.23. The maximum Gasteiger partial charge on any atom is 0.0534 e. The van der Waals surface area contributed by atoms with Gasteiger partial charge in [0.15, 0.2) is 0 Å². The van der Waals surface area contributed by atoms with Gasteiger partial charge in [-0.1, -0.05) is 26.7 Å². The average Bonchev–Trinajstić information content (AvgIpc) is 2.74. The summed E-state index contributed by atoms with van der Waals surface area (Å²) in [6, 6.07) is 0.